The van der Waals surface area contributed by atoms with Crippen LogP contribution in [0.3, 0.4) is 0 Å². The molecule has 10 heteroatoms. The molecule has 4 amide bonds. The second kappa shape index (κ2) is 11.7. The van der Waals surface area contributed by atoms with Gasteiger partial charge in [-0.2, -0.15) is 0 Å². The highest BCUT2D eigenvalue weighted by atomic mass is 16.2. The summed E-state index contributed by atoms with van der Waals surface area (Å²) in [7, 11) is 0. The average molecular weight is 585 g/mol. The summed E-state index contributed by atoms with van der Waals surface area (Å²) in [5, 5.41) is 5.78. The van der Waals surface area contributed by atoms with Gasteiger partial charge in [-0.3, -0.25) is 29.4 Å². The third-order valence-corrected chi connectivity index (χ3v) is 9.98. The predicted octanol–water partition coefficient (Wildman–Crippen LogP) is 2.00. The molecule has 0 aromatic heterocycles. The molecule has 2 aromatic carbocycles. The second-order valence-electron chi connectivity index (χ2n) is 12.7. The molecule has 43 heavy (non-hydrogen) atoms. The van der Waals surface area contributed by atoms with E-state index in [2.05, 4.69) is 38.6 Å². The molecule has 2 aromatic rings. The quantitative estimate of drug-likeness (QED) is 0.501. The molecule has 3 saturated heterocycles. The highest BCUT2D eigenvalue weighted by molar-refractivity contribution is 6.05. The van der Waals surface area contributed by atoms with E-state index < -0.39 is 11.9 Å². The summed E-state index contributed by atoms with van der Waals surface area (Å²) in [6, 6.07) is 12.1. The van der Waals surface area contributed by atoms with Crippen LogP contribution in [-0.2, 0) is 40.6 Å². The Morgan fingerprint density at radius 2 is 1.63 bits per heavy atom. The van der Waals surface area contributed by atoms with Crippen LogP contribution in [0.2, 0.25) is 0 Å². The number of imide groups is 1. The number of likely N-dealkylation sites (tertiary alicyclic amines) is 1. The summed E-state index contributed by atoms with van der Waals surface area (Å²) >= 11 is 0. The van der Waals surface area contributed by atoms with Crippen molar-refractivity contribution in [2.24, 2.45) is 5.92 Å². The largest absolute Gasteiger partial charge is 0.368 e. The lowest BCUT2D eigenvalue weighted by Crippen LogP contribution is -2.52. The van der Waals surface area contributed by atoms with Crippen molar-refractivity contribution in [2.45, 2.75) is 64.3 Å². The summed E-state index contributed by atoms with van der Waals surface area (Å²) < 4.78 is 0. The smallest absolute Gasteiger partial charge is 0.255 e. The van der Waals surface area contributed by atoms with Crippen LogP contribution in [0.1, 0.15) is 64.7 Å². The Balaban J connectivity index is 0.874. The molecule has 2 N–H and O–H groups in total. The number of amides is 4. The van der Waals surface area contributed by atoms with E-state index in [1.54, 1.807) is 4.90 Å². The van der Waals surface area contributed by atoms with Crippen LogP contribution >= 0.6 is 0 Å². The molecule has 226 valence electrons. The summed E-state index contributed by atoms with van der Waals surface area (Å²) in [4.78, 5) is 58.5. The fourth-order valence-corrected chi connectivity index (χ4v) is 7.40. The molecular formula is C33H40N6O4. The van der Waals surface area contributed by atoms with Crippen molar-refractivity contribution >= 4 is 29.3 Å². The number of piperazine rings is 1. The van der Waals surface area contributed by atoms with Crippen molar-refractivity contribution < 1.29 is 19.2 Å². The maximum atomic E-state index is 13.2. The third kappa shape index (κ3) is 5.78. The maximum Gasteiger partial charge on any atom is 0.255 e. The second-order valence-corrected chi connectivity index (χ2v) is 12.7. The molecule has 1 atom stereocenters. The number of hydrogen-bond donors (Lipinski definition) is 2. The minimum Gasteiger partial charge on any atom is -0.368 e. The molecule has 5 heterocycles. The van der Waals surface area contributed by atoms with Crippen molar-refractivity contribution in [2.75, 3.05) is 44.2 Å². The molecule has 0 aliphatic carbocycles. The maximum absolute atomic E-state index is 13.2. The lowest BCUT2D eigenvalue weighted by atomic mass is 9.92. The molecule has 10 nitrogen and oxygen atoms in total. The van der Waals surface area contributed by atoms with Crippen LogP contribution in [0.15, 0.2) is 36.4 Å². The van der Waals surface area contributed by atoms with Gasteiger partial charge in [0.25, 0.3) is 5.91 Å². The van der Waals surface area contributed by atoms with Crippen molar-refractivity contribution in [3.05, 3.63) is 64.2 Å². The molecule has 5 aliphatic heterocycles. The van der Waals surface area contributed by atoms with Crippen LogP contribution in [-0.4, -0.2) is 83.6 Å². The van der Waals surface area contributed by atoms with Gasteiger partial charge in [0.05, 0.1) is 0 Å². The normalized spacial score (nSPS) is 23.0. The monoisotopic (exact) mass is 584 g/mol. The standard InChI is InChI=1S/C33H40N6O4/c40-30-6-5-29(32(42)35-30)39-21-26-17-27(3-4-28(26)33(39)43)37-11-13-38(14-12-37)31(41)16-22-7-9-36(10-8-22)20-23-1-2-24-18-34-19-25(24)15-23/h1-4,15,17,22,29,34H,5-14,16,18-21H2,(H,35,40,42). The first-order valence-corrected chi connectivity index (χ1v) is 15.8. The SMILES string of the molecule is O=C1CCC(N2Cc3cc(N4CCN(C(=O)CC5CCN(Cc6ccc7c(c6)CNC7)CC5)CC4)ccc3C2=O)C(=O)N1. The van der Waals surface area contributed by atoms with Crippen molar-refractivity contribution in [1.82, 2.24) is 25.3 Å². The topological polar surface area (TPSA) is 105 Å². The first kappa shape index (κ1) is 28.0. The van der Waals surface area contributed by atoms with E-state index in [0.717, 1.165) is 69.9 Å². The van der Waals surface area contributed by atoms with Gasteiger partial charge in [-0.05, 0) is 78.7 Å². The van der Waals surface area contributed by atoms with E-state index in [0.29, 0.717) is 44.0 Å². The first-order chi connectivity index (χ1) is 20.9. The Kier molecular flexibility index (Phi) is 7.65. The van der Waals surface area contributed by atoms with Crippen molar-refractivity contribution in [1.29, 1.82) is 0 Å². The number of piperidine rings is 2. The Hall–Kier alpha value is -3.76. The van der Waals surface area contributed by atoms with Gasteiger partial charge in [-0.25, -0.2) is 0 Å². The highest BCUT2D eigenvalue weighted by Crippen LogP contribution is 2.31. The van der Waals surface area contributed by atoms with Gasteiger partial charge < -0.3 is 20.0 Å². The van der Waals surface area contributed by atoms with E-state index in [4.69, 9.17) is 0 Å². The number of carbonyl (C=O) groups is 4. The van der Waals surface area contributed by atoms with Gasteiger partial charge in [0.2, 0.25) is 17.7 Å². The van der Waals surface area contributed by atoms with Gasteiger partial charge in [0.15, 0.2) is 0 Å². The molecule has 0 radical (unpaired) electrons. The van der Waals surface area contributed by atoms with Gasteiger partial charge in [-0.1, -0.05) is 18.2 Å². The lowest BCUT2D eigenvalue weighted by molar-refractivity contribution is -0.137. The average Bonchev–Trinajstić information content (AvgIpc) is 3.62. The van der Waals surface area contributed by atoms with Crippen LogP contribution in [0, 0.1) is 5.92 Å². The van der Waals surface area contributed by atoms with E-state index in [9.17, 15) is 19.2 Å². The zero-order valence-corrected chi connectivity index (χ0v) is 24.6. The molecule has 1 unspecified atom stereocenters. The van der Waals surface area contributed by atoms with Gasteiger partial charge in [0.1, 0.15) is 6.04 Å². The Bertz CT molecular complexity index is 1440. The zero-order valence-electron chi connectivity index (χ0n) is 24.6. The van der Waals surface area contributed by atoms with E-state index in [-0.39, 0.29) is 24.1 Å². The van der Waals surface area contributed by atoms with Crippen LogP contribution in [0.5, 0.6) is 0 Å². The Labute approximate surface area is 252 Å². The molecule has 0 saturated carbocycles. The van der Waals surface area contributed by atoms with Crippen LogP contribution in [0.4, 0.5) is 5.69 Å². The molecule has 3 fully saturated rings. The molecule has 0 bridgehead atoms. The summed E-state index contributed by atoms with van der Waals surface area (Å²) in [5.41, 5.74) is 6.81. The number of carbonyl (C=O) groups excluding carboxylic acids is 4. The minimum atomic E-state index is -0.606. The van der Waals surface area contributed by atoms with E-state index in [1.165, 1.54) is 16.7 Å². The number of anilines is 1. The zero-order chi connectivity index (χ0) is 29.5. The predicted molar refractivity (Wildman–Crippen MR) is 161 cm³/mol. The molecule has 5 aliphatic rings. The van der Waals surface area contributed by atoms with E-state index in [1.807, 2.05) is 23.1 Å². The molecular weight excluding hydrogens is 544 g/mol. The first-order valence-electron chi connectivity index (χ1n) is 15.8. The highest BCUT2D eigenvalue weighted by Gasteiger charge is 2.39. The number of benzene rings is 2. The van der Waals surface area contributed by atoms with Gasteiger partial charge >= 0.3 is 0 Å². The van der Waals surface area contributed by atoms with Crippen molar-refractivity contribution in [3.8, 4) is 0 Å². The van der Waals surface area contributed by atoms with Gasteiger partial charge in [0, 0.05) is 76.5 Å². The van der Waals surface area contributed by atoms with Crippen LogP contribution < -0.4 is 15.5 Å². The van der Waals surface area contributed by atoms with Gasteiger partial charge in [-0.15, -0.1) is 0 Å². The molecule has 0 spiro atoms. The third-order valence-electron chi connectivity index (χ3n) is 9.98. The number of fused-ring (bicyclic) bond motifs is 2. The summed E-state index contributed by atoms with van der Waals surface area (Å²) in [6.45, 7) is 8.30. The minimum absolute atomic E-state index is 0.155. The number of nitrogens with one attached hydrogen (secondary N) is 2. The molecule has 7 rings (SSSR count). The fourth-order valence-electron chi connectivity index (χ4n) is 7.40. The summed E-state index contributed by atoms with van der Waals surface area (Å²) in [6.07, 6.45) is 3.39. The Morgan fingerprint density at radius 1 is 0.837 bits per heavy atom. The Morgan fingerprint density at radius 3 is 2.42 bits per heavy atom. The van der Waals surface area contributed by atoms with Crippen molar-refractivity contribution in [3.63, 3.8) is 0 Å². The fraction of sp³-hybridized carbons (Fsp3) is 0.515. The lowest BCUT2D eigenvalue weighted by Gasteiger charge is -2.37. The van der Waals surface area contributed by atoms with Crippen LogP contribution in [0.25, 0.3) is 0 Å². The number of hydrogen-bond acceptors (Lipinski definition) is 7. The number of nitrogens with zero attached hydrogens (tertiary/aromatic N) is 4. The van der Waals surface area contributed by atoms with E-state index >= 15 is 0 Å². The number of rotatable bonds is 6. The summed E-state index contributed by atoms with van der Waals surface area (Å²) in [5.74, 6) is -0.110.